The molecule has 3 heteroatoms. The van der Waals surface area contributed by atoms with Gasteiger partial charge in [0.2, 0.25) is 0 Å². The number of hydrogen-bond donors (Lipinski definition) is 1. The third kappa shape index (κ3) is 2.71. The Hall–Kier alpha value is -1.61. The number of aromatic nitrogens is 2. The Morgan fingerprint density at radius 1 is 1.32 bits per heavy atom. The molecule has 1 aromatic carbocycles. The number of rotatable bonds is 4. The molecule has 0 radical (unpaired) electrons. The van der Waals surface area contributed by atoms with Gasteiger partial charge in [-0.25, -0.2) is 4.98 Å². The van der Waals surface area contributed by atoms with Crippen LogP contribution in [0.4, 0.5) is 0 Å². The Balaban J connectivity index is 1.74. The maximum atomic E-state index is 4.68. The van der Waals surface area contributed by atoms with Crippen LogP contribution < -0.4 is 0 Å². The van der Waals surface area contributed by atoms with Gasteiger partial charge in [-0.1, -0.05) is 31.6 Å². The lowest BCUT2D eigenvalue weighted by molar-refractivity contribution is 0.296. The van der Waals surface area contributed by atoms with E-state index in [1.165, 1.54) is 25.0 Å². The second kappa shape index (κ2) is 5.57. The normalized spacial score (nSPS) is 16.8. The first-order valence-electron chi connectivity index (χ1n) is 7.23. The van der Waals surface area contributed by atoms with Gasteiger partial charge in [-0.2, -0.15) is 0 Å². The Morgan fingerprint density at radius 3 is 2.95 bits per heavy atom. The van der Waals surface area contributed by atoms with Crippen LogP contribution in [-0.2, 0) is 0 Å². The van der Waals surface area contributed by atoms with Gasteiger partial charge in [-0.05, 0) is 37.1 Å². The Bertz CT molecular complexity index is 549. The first-order chi connectivity index (χ1) is 9.36. The average Bonchev–Trinajstić information content (AvgIpc) is 2.89. The van der Waals surface area contributed by atoms with Crippen molar-refractivity contribution in [3.63, 3.8) is 0 Å². The van der Waals surface area contributed by atoms with E-state index < -0.39 is 0 Å². The van der Waals surface area contributed by atoms with Gasteiger partial charge in [0.1, 0.15) is 5.82 Å². The number of unbranched alkanes of at least 4 members (excludes halogenated alkanes) is 1. The standard InChI is InChI=1S/C16H21N3/c1-2-3-10-19-11-8-13(9-12-19)16-17-14-6-4-5-7-15(14)18-16/h4-8H,2-3,9-12H2,1H3,(H,17,18). The van der Waals surface area contributed by atoms with Gasteiger partial charge >= 0.3 is 0 Å². The molecule has 1 aliphatic heterocycles. The monoisotopic (exact) mass is 255 g/mol. The van der Waals surface area contributed by atoms with Crippen LogP contribution in [0, 0.1) is 0 Å². The minimum atomic E-state index is 1.05. The van der Waals surface area contributed by atoms with Gasteiger partial charge in [0.15, 0.2) is 0 Å². The maximum Gasteiger partial charge on any atom is 0.134 e. The molecule has 0 bridgehead atoms. The van der Waals surface area contributed by atoms with Gasteiger partial charge in [-0.15, -0.1) is 0 Å². The van der Waals surface area contributed by atoms with Crippen LogP contribution in [0.15, 0.2) is 30.3 Å². The molecule has 100 valence electrons. The summed E-state index contributed by atoms with van der Waals surface area (Å²) in [7, 11) is 0. The predicted octanol–water partition coefficient (Wildman–Crippen LogP) is 3.45. The van der Waals surface area contributed by atoms with Crippen molar-refractivity contribution in [1.82, 2.24) is 14.9 Å². The van der Waals surface area contributed by atoms with E-state index in [4.69, 9.17) is 0 Å². The first-order valence-corrected chi connectivity index (χ1v) is 7.23. The van der Waals surface area contributed by atoms with Crippen LogP contribution >= 0.6 is 0 Å². The Labute approximate surface area is 114 Å². The smallest absolute Gasteiger partial charge is 0.134 e. The summed E-state index contributed by atoms with van der Waals surface area (Å²) in [4.78, 5) is 10.6. The lowest BCUT2D eigenvalue weighted by atomic mass is 10.1. The van der Waals surface area contributed by atoms with Crippen molar-refractivity contribution >= 4 is 16.6 Å². The molecular formula is C16H21N3. The lowest BCUT2D eigenvalue weighted by Crippen LogP contribution is -2.29. The van der Waals surface area contributed by atoms with E-state index in [-0.39, 0.29) is 0 Å². The molecule has 0 amide bonds. The summed E-state index contributed by atoms with van der Waals surface area (Å²) >= 11 is 0. The highest BCUT2D eigenvalue weighted by molar-refractivity contribution is 5.78. The van der Waals surface area contributed by atoms with E-state index in [1.807, 2.05) is 12.1 Å². The van der Waals surface area contributed by atoms with Crippen molar-refractivity contribution in [2.75, 3.05) is 19.6 Å². The molecule has 3 nitrogen and oxygen atoms in total. The van der Waals surface area contributed by atoms with Crippen molar-refractivity contribution in [1.29, 1.82) is 0 Å². The summed E-state index contributed by atoms with van der Waals surface area (Å²) in [6, 6.07) is 8.23. The number of H-pyrrole nitrogens is 1. The molecule has 1 aromatic heterocycles. The summed E-state index contributed by atoms with van der Waals surface area (Å²) in [6.45, 7) is 5.69. The van der Waals surface area contributed by atoms with Crippen molar-refractivity contribution in [3.05, 3.63) is 36.2 Å². The topological polar surface area (TPSA) is 31.9 Å². The molecular weight excluding hydrogens is 234 g/mol. The SMILES string of the molecule is CCCCN1CC=C(c2nc3ccccc3[nH]2)CC1. The molecule has 19 heavy (non-hydrogen) atoms. The molecule has 1 aliphatic rings. The van der Waals surface area contributed by atoms with Gasteiger partial charge in [0, 0.05) is 13.1 Å². The molecule has 2 heterocycles. The number of aromatic amines is 1. The van der Waals surface area contributed by atoms with Crippen molar-refractivity contribution in [3.8, 4) is 0 Å². The molecule has 0 fully saturated rings. The minimum absolute atomic E-state index is 1.05. The summed E-state index contributed by atoms with van der Waals surface area (Å²) in [5, 5.41) is 0. The number of benzene rings is 1. The van der Waals surface area contributed by atoms with E-state index in [0.29, 0.717) is 0 Å². The Morgan fingerprint density at radius 2 is 2.21 bits per heavy atom. The van der Waals surface area contributed by atoms with Gasteiger partial charge in [-0.3, -0.25) is 4.90 Å². The molecule has 0 spiro atoms. The molecule has 3 rings (SSSR count). The van der Waals surface area contributed by atoms with E-state index >= 15 is 0 Å². The van der Waals surface area contributed by atoms with Crippen LogP contribution in [0.25, 0.3) is 16.6 Å². The van der Waals surface area contributed by atoms with Crippen LogP contribution in [0.1, 0.15) is 32.0 Å². The number of fused-ring (bicyclic) bond motifs is 1. The highest BCUT2D eigenvalue weighted by atomic mass is 15.1. The minimum Gasteiger partial charge on any atom is -0.338 e. The van der Waals surface area contributed by atoms with Crippen LogP contribution in [0.2, 0.25) is 0 Å². The zero-order valence-electron chi connectivity index (χ0n) is 11.5. The number of nitrogens with one attached hydrogen (secondary N) is 1. The van der Waals surface area contributed by atoms with Crippen molar-refractivity contribution in [2.24, 2.45) is 0 Å². The third-order valence-corrected chi connectivity index (χ3v) is 3.81. The third-order valence-electron chi connectivity index (χ3n) is 3.81. The summed E-state index contributed by atoms with van der Waals surface area (Å²) < 4.78 is 0. The fourth-order valence-corrected chi connectivity index (χ4v) is 2.62. The van der Waals surface area contributed by atoms with Gasteiger partial charge < -0.3 is 4.98 Å². The molecule has 0 atom stereocenters. The zero-order valence-corrected chi connectivity index (χ0v) is 11.5. The highest BCUT2D eigenvalue weighted by Gasteiger charge is 2.14. The maximum absolute atomic E-state index is 4.68. The molecule has 0 saturated carbocycles. The average molecular weight is 255 g/mol. The van der Waals surface area contributed by atoms with E-state index in [0.717, 1.165) is 36.4 Å². The molecule has 2 aromatic rings. The quantitative estimate of drug-likeness (QED) is 0.907. The van der Waals surface area contributed by atoms with Crippen molar-refractivity contribution < 1.29 is 0 Å². The predicted molar refractivity (Wildman–Crippen MR) is 80.0 cm³/mol. The summed E-state index contributed by atoms with van der Waals surface area (Å²) in [5.74, 6) is 1.05. The van der Waals surface area contributed by atoms with Gasteiger partial charge in [0.25, 0.3) is 0 Å². The summed E-state index contributed by atoms with van der Waals surface area (Å²) in [6.07, 6.45) is 6.00. The van der Waals surface area contributed by atoms with Crippen LogP contribution in [-0.4, -0.2) is 34.5 Å². The zero-order chi connectivity index (χ0) is 13.1. The van der Waals surface area contributed by atoms with E-state index in [9.17, 15) is 0 Å². The number of para-hydroxylation sites is 2. The lowest BCUT2D eigenvalue weighted by Gasteiger charge is -2.25. The van der Waals surface area contributed by atoms with E-state index in [1.54, 1.807) is 0 Å². The molecule has 1 N–H and O–H groups in total. The molecule has 0 aliphatic carbocycles. The van der Waals surface area contributed by atoms with E-state index in [2.05, 4.69) is 40.0 Å². The second-order valence-corrected chi connectivity index (χ2v) is 5.24. The number of hydrogen-bond acceptors (Lipinski definition) is 2. The number of nitrogens with zero attached hydrogens (tertiary/aromatic N) is 2. The van der Waals surface area contributed by atoms with Crippen molar-refractivity contribution in [2.45, 2.75) is 26.2 Å². The largest absolute Gasteiger partial charge is 0.338 e. The molecule has 0 unspecified atom stereocenters. The highest BCUT2D eigenvalue weighted by Crippen LogP contribution is 2.22. The van der Waals surface area contributed by atoms with Gasteiger partial charge in [0.05, 0.1) is 11.0 Å². The fraction of sp³-hybridized carbons (Fsp3) is 0.438. The first kappa shape index (κ1) is 12.4. The Kier molecular flexibility index (Phi) is 3.65. The fourth-order valence-electron chi connectivity index (χ4n) is 2.62. The number of imidazole rings is 1. The summed E-state index contributed by atoms with van der Waals surface area (Å²) in [5.41, 5.74) is 3.56. The molecule has 0 saturated heterocycles. The van der Waals surface area contributed by atoms with Crippen LogP contribution in [0.3, 0.4) is 0 Å². The second-order valence-electron chi connectivity index (χ2n) is 5.24. The van der Waals surface area contributed by atoms with Crippen LogP contribution in [0.5, 0.6) is 0 Å².